The predicted molar refractivity (Wildman–Crippen MR) is 84.0 cm³/mol. The zero-order valence-electron chi connectivity index (χ0n) is 13.8. The third-order valence-corrected chi connectivity index (χ3v) is 5.66. The van der Waals surface area contributed by atoms with Gasteiger partial charge in [-0.05, 0) is 39.4 Å². The van der Waals surface area contributed by atoms with E-state index in [1.165, 1.54) is 7.05 Å². The molecule has 0 aliphatic carbocycles. The van der Waals surface area contributed by atoms with Crippen LogP contribution in [-0.4, -0.2) is 55.8 Å². The Hall–Kier alpha value is -1.13. The molecule has 138 valence electrons. The first-order valence-electron chi connectivity index (χ1n) is 7.83. The van der Waals surface area contributed by atoms with E-state index in [-0.39, 0.29) is 11.7 Å². The molecule has 0 radical (unpaired) electrons. The number of nitrogens with zero attached hydrogens (tertiary/aromatic N) is 3. The summed E-state index contributed by atoms with van der Waals surface area (Å²) in [6.45, 7) is 1.86. The van der Waals surface area contributed by atoms with E-state index < -0.39 is 21.9 Å². The van der Waals surface area contributed by atoms with Crippen LogP contribution in [0.1, 0.15) is 24.4 Å². The van der Waals surface area contributed by atoms with E-state index in [4.69, 9.17) is 0 Å². The molecule has 1 aliphatic heterocycles. The Morgan fingerprint density at radius 1 is 1.46 bits per heavy atom. The molecular formula is C14H23F3N4O2S. The highest BCUT2D eigenvalue weighted by atomic mass is 32.2. The van der Waals surface area contributed by atoms with Crippen LogP contribution in [0.25, 0.3) is 0 Å². The van der Waals surface area contributed by atoms with Crippen molar-refractivity contribution in [1.82, 2.24) is 19.2 Å². The molecule has 24 heavy (non-hydrogen) atoms. The summed E-state index contributed by atoms with van der Waals surface area (Å²) in [6.07, 6.45) is -1.49. The van der Waals surface area contributed by atoms with Gasteiger partial charge >= 0.3 is 6.18 Å². The molecule has 0 saturated carbocycles. The van der Waals surface area contributed by atoms with Crippen LogP contribution in [0.2, 0.25) is 0 Å². The lowest BCUT2D eigenvalue weighted by Crippen LogP contribution is -2.33. The molecular weight excluding hydrogens is 345 g/mol. The van der Waals surface area contributed by atoms with Crippen molar-refractivity contribution < 1.29 is 21.6 Å². The molecule has 1 aromatic heterocycles. The Morgan fingerprint density at radius 3 is 2.79 bits per heavy atom. The first-order valence-corrected chi connectivity index (χ1v) is 9.49. The van der Waals surface area contributed by atoms with Crippen LogP contribution in [0.15, 0.2) is 6.20 Å². The molecule has 0 spiro atoms. The molecule has 2 heterocycles. The molecule has 0 aromatic carbocycles. The van der Waals surface area contributed by atoms with Gasteiger partial charge in [-0.15, -0.1) is 0 Å². The first-order chi connectivity index (χ1) is 11.1. The van der Waals surface area contributed by atoms with Crippen LogP contribution in [0.5, 0.6) is 0 Å². The van der Waals surface area contributed by atoms with Gasteiger partial charge in [0.25, 0.3) is 0 Å². The van der Waals surface area contributed by atoms with Crippen LogP contribution >= 0.6 is 0 Å². The average Bonchev–Trinajstić information content (AvgIpc) is 2.90. The number of aryl methyl sites for hydroxylation is 1. The molecule has 1 aliphatic rings. The second-order valence-electron chi connectivity index (χ2n) is 6.24. The summed E-state index contributed by atoms with van der Waals surface area (Å²) in [7, 11) is 0.0922. The zero-order valence-corrected chi connectivity index (χ0v) is 14.6. The van der Waals surface area contributed by atoms with Gasteiger partial charge in [0.2, 0.25) is 10.0 Å². The summed E-state index contributed by atoms with van der Waals surface area (Å²) < 4.78 is 64.7. The second-order valence-corrected chi connectivity index (χ2v) is 8.28. The molecule has 0 saturated heterocycles. The van der Waals surface area contributed by atoms with Gasteiger partial charge in [0.05, 0.1) is 5.75 Å². The van der Waals surface area contributed by atoms with Gasteiger partial charge < -0.3 is 9.47 Å². The van der Waals surface area contributed by atoms with Gasteiger partial charge in [-0.3, -0.25) is 0 Å². The smallest absolute Gasteiger partial charge is 0.334 e. The number of rotatable bonds is 7. The van der Waals surface area contributed by atoms with E-state index in [9.17, 15) is 21.6 Å². The van der Waals surface area contributed by atoms with Crippen LogP contribution in [0.4, 0.5) is 13.2 Å². The number of hydrogen-bond donors (Lipinski definition) is 1. The average molecular weight is 368 g/mol. The van der Waals surface area contributed by atoms with Gasteiger partial charge in [-0.25, -0.2) is 18.1 Å². The summed E-state index contributed by atoms with van der Waals surface area (Å²) in [4.78, 5) is 5.70. The second kappa shape index (κ2) is 7.40. The standard InChI is InChI=1S/C14H23F3N4O2S/c1-18-24(22,23)7-3-6-20(2)8-11-4-5-13-19-12(14(15,16)17)10-21(13)9-11/h10-11,18H,3-9H2,1-2H3/t11-/m1/s1. The number of sulfonamides is 1. The highest BCUT2D eigenvalue weighted by molar-refractivity contribution is 7.89. The molecule has 0 fully saturated rings. The number of hydrogen-bond acceptors (Lipinski definition) is 4. The minimum Gasteiger partial charge on any atom is -0.334 e. The van der Waals surface area contributed by atoms with Gasteiger partial charge in [0.1, 0.15) is 5.82 Å². The quantitative estimate of drug-likeness (QED) is 0.789. The molecule has 1 aromatic rings. The lowest BCUT2D eigenvalue weighted by molar-refractivity contribution is -0.141. The molecule has 0 amide bonds. The fourth-order valence-electron chi connectivity index (χ4n) is 2.96. The van der Waals surface area contributed by atoms with Crippen molar-refractivity contribution in [2.75, 3.05) is 32.9 Å². The van der Waals surface area contributed by atoms with Crippen molar-refractivity contribution in [2.45, 2.75) is 32.0 Å². The normalized spacial score (nSPS) is 18.8. The predicted octanol–water partition coefficient (Wildman–Crippen LogP) is 1.34. The number of fused-ring (bicyclic) bond motifs is 1. The van der Waals surface area contributed by atoms with E-state index in [1.807, 2.05) is 11.9 Å². The Kier molecular flexibility index (Phi) is 5.92. The maximum absolute atomic E-state index is 12.7. The fraction of sp³-hybridized carbons (Fsp3) is 0.786. The molecule has 6 nitrogen and oxygen atoms in total. The Morgan fingerprint density at radius 2 is 2.17 bits per heavy atom. The van der Waals surface area contributed by atoms with Gasteiger partial charge in [0.15, 0.2) is 5.69 Å². The highest BCUT2D eigenvalue weighted by Gasteiger charge is 2.35. The zero-order chi connectivity index (χ0) is 18.0. The van der Waals surface area contributed by atoms with Crippen molar-refractivity contribution in [2.24, 2.45) is 5.92 Å². The number of aromatic nitrogens is 2. The fourth-order valence-corrected chi connectivity index (χ4v) is 3.67. The Labute approximate surface area is 140 Å². The monoisotopic (exact) mass is 368 g/mol. The Bertz CT molecular complexity index is 657. The first kappa shape index (κ1) is 19.2. The van der Waals surface area contributed by atoms with Crippen LogP contribution in [0.3, 0.4) is 0 Å². The topological polar surface area (TPSA) is 67.2 Å². The van der Waals surface area contributed by atoms with E-state index >= 15 is 0 Å². The van der Waals surface area contributed by atoms with Gasteiger partial charge in [-0.2, -0.15) is 13.2 Å². The van der Waals surface area contributed by atoms with Crippen LogP contribution in [-0.2, 0) is 29.2 Å². The molecule has 1 N–H and O–H groups in total. The minimum absolute atomic E-state index is 0.0686. The molecule has 0 unspecified atom stereocenters. The number of halogens is 3. The van der Waals surface area contributed by atoms with E-state index in [1.54, 1.807) is 4.57 Å². The lowest BCUT2D eigenvalue weighted by Gasteiger charge is -2.28. The van der Waals surface area contributed by atoms with Crippen molar-refractivity contribution in [3.63, 3.8) is 0 Å². The van der Waals surface area contributed by atoms with E-state index in [0.717, 1.165) is 19.2 Å². The third kappa shape index (κ3) is 5.18. The molecule has 1 atom stereocenters. The Balaban J connectivity index is 1.84. The maximum atomic E-state index is 12.7. The van der Waals surface area contributed by atoms with Crippen molar-refractivity contribution in [1.29, 1.82) is 0 Å². The van der Waals surface area contributed by atoms with Gasteiger partial charge in [0, 0.05) is 25.7 Å². The minimum atomic E-state index is -4.41. The van der Waals surface area contributed by atoms with E-state index in [2.05, 4.69) is 9.71 Å². The van der Waals surface area contributed by atoms with Crippen molar-refractivity contribution in [3.8, 4) is 0 Å². The van der Waals surface area contributed by atoms with Gasteiger partial charge in [-0.1, -0.05) is 0 Å². The number of nitrogens with one attached hydrogen (secondary N) is 1. The SMILES string of the molecule is CNS(=O)(=O)CCCN(C)C[C@H]1CCc2nc(C(F)(F)F)cn2C1. The summed E-state index contributed by atoms with van der Waals surface area (Å²) >= 11 is 0. The van der Waals surface area contributed by atoms with Crippen LogP contribution < -0.4 is 4.72 Å². The van der Waals surface area contributed by atoms with Crippen molar-refractivity contribution in [3.05, 3.63) is 17.7 Å². The molecule has 2 rings (SSSR count). The van der Waals surface area contributed by atoms with E-state index in [0.29, 0.717) is 31.8 Å². The largest absolute Gasteiger partial charge is 0.434 e. The summed E-state index contributed by atoms with van der Waals surface area (Å²) in [5, 5.41) is 0. The lowest BCUT2D eigenvalue weighted by atomic mass is 9.99. The molecule has 0 bridgehead atoms. The highest BCUT2D eigenvalue weighted by Crippen LogP contribution is 2.30. The number of imidazole rings is 1. The number of alkyl halides is 3. The summed E-state index contributed by atoms with van der Waals surface area (Å²) in [5.41, 5.74) is -0.830. The summed E-state index contributed by atoms with van der Waals surface area (Å²) in [5.74, 6) is 0.791. The van der Waals surface area contributed by atoms with Crippen molar-refractivity contribution >= 4 is 10.0 Å². The maximum Gasteiger partial charge on any atom is 0.434 e. The third-order valence-electron chi connectivity index (χ3n) is 4.21. The van der Waals surface area contributed by atoms with Crippen LogP contribution in [0, 0.1) is 5.92 Å². The molecule has 10 heteroatoms. The summed E-state index contributed by atoms with van der Waals surface area (Å²) in [6, 6.07) is 0.